The molecule has 1 aromatic carbocycles. The van der Waals surface area contributed by atoms with Crippen LogP contribution in [0.5, 0.6) is 0 Å². The standard InChI is InChI=1S/C20H24N4O/c1-14(2)18-6-4-5-15-12-24(8-7-19(15)18)13-17-9-20(22-25-17)16-10-21-23(3)11-16/h4-6,9-11,14H,7-8,12-13H2,1-3H3. The van der Waals surface area contributed by atoms with Crippen molar-refractivity contribution < 1.29 is 4.52 Å². The summed E-state index contributed by atoms with van der Waals surface area (Å²) in [5.41, 5.74) is 6.33. The Balaban J connectivity index is 1.48. The predicted octanol–water partition coefficient (Wildman–Crippen LogP) is 3.76. The fourth-order valence-corrected chi connectivity index (χ4v) is 3.67. The Labute approximate surface area is 148 Å². The molecule has 5 nitrogen and oxygen atoms in total. The smallest absolute Gasteiger partial charge is 0.151 e. The zero-order valence-corrected chi connectivity index (χ0v) is 15.1. The predicted molar refractivity (Wildman–Crippen MR) is 97.1 cm³/mol. The number of fused-ring (bicyclic) bond motifs is 1. The van der Waals surface area contributed by atoms with Gasteiger partial charge >= 0.3 is 0 Å². The second-order valence-electron chi connectivity index (χ2n) is 7.18. The summed E-state index contributed by atoms with van der Waals surface area (Å²) in [4.78, 5) is 2.43. The Kier molecular flexibility index (Phi) is 4.17. The molecule has 0 fully saturated rings. The van der Waals surface area contributed by atoms with Gasteiger partial charge < -0.3 is 4.52 Å². The van der Waals surface area contributed by atoms with Crippen molar-refractivity contribution in [1.82, 2.24) is 19.8 Å². The molecule has 25 heavy (non-hydrogen) atoms. The highest BCUT2D eigenvalue weighted by Crippen LogP contribution is 2.28. The number of aromatic nitrogens is 3. The number of nitrogens with zero attached hydrogens (tertiary/aromatic N) is 4. The maximum Gasteiger partial charge on any atom is 0.151 e. The van der Waals surface area contributed by atoms with Crippen LogP contribution in [-0.2, 0) is 26.6 Å². The van der Waals surface area contributed by atoms with E-state index in [9.17, 15) is 0 Å². The first-order valence-corrected chi connectivity index (χ1v) is 8.88. The van der Waals surface area contributed by atoms with E-state index in [-0.39, 0.29) is 0 Å². The second-order valence-corrected chi connectivity index (χ2v) is 7.18. The molecule has 0 saturated carbocycles. The van der Waals surface area contributed by atoms with Crippen molar-refractivity contribution in [3.05, 3.63) is 59.1 Å². The monoisotopic (exact) mass is 336 g/mol. The highest BCUT2D eigenvalue weighted by atomic mass is 16.5. The summed E-state index contributed by atoms with van der Waals surface area (Å²) >= 11 is 0. The number of rotatable bonds is 4. The van der Waals surface area contributed by atoms with Gasteiger partial charge in [-0.25, -0.2) is 0 Å². The van der Waals surface area contributed by atoms with E-state index in [0.717, 1.165) is 43.1 Å². The van der Waals surface area contributed by atoms with Gasteiger partial charge in [-0.3, -0.25) is 9.58 Å². The second kappa shape index (κ2) is 6.48. The van der Waals surface area contributed by atoms with E-state index in [1.165, 1.54) is 11.1 Å². The van der Waals surface area contributed by atoms with Crippen LogP contribution in [0.4, 0.5) is 0 Å². The van der Waals surface area contributed by atoms with E-state index in [0.29, 0.717) is 5.92 Å². The molecule has 0 N–H and O–H groups in total. The van der Waals surface area contributed by atoms with Crippen molar-refractivity contribution in [2.75, 3.05) is 6.54 Å². The SMILES string of the molecule is CC(C)c1cccc2c1CCN(Cc1cc(-c3cnn(C)c3)no1)C2. The van der Waals surface area contributed by atoms with E-state index in [1.807, 2.05) is 25.5 Å². The number of hydrogen-bond donors (Lipinski definition) is 0. The molecule has 0 spiro atoms. The Bertz CT molecular complexity index is 877. The molecule has 0 atom stereocenters. The van der Waals surface area contributed by atoms with Crippen molar-refractivity contribution in [2.45, 2.75) is 39.3 Å². The first kappa shape index (κ1) is 16.1. The summed E-state index contributed by atoms with van der Waals surface area (Å²) in [5, 5.41) is 8.38. The fourth-order valence-electron chi connectivity index (χ4n) is 3.67. The molecule has 0 radical (unpaired) electrons. The quantitative estimate of drug-likeness (QED) is 0.728. The molecule has 2 aromatic heterocycles. The lowest BCUT2D eigenvalue weighted by Gasteiger charge is -2.30. The van der Waals surface area contributed by atoms with Crippen molar-refractivity contribution >= 4 is 0 Å². The van der Waals surface area contributed by atoms with E-state index >= 15 is 0 Å². The van der Waals surface area contributed by atoms with Gasteiger partial charge in [0.25, 0.3) is 0 Å². The molecule has 5 heteroatoms. The third-order valence-corrected chi connectivity index (χ3v) is 4.94. The van der Waals surface area contributed by atoms with Gasteiger partial charge in [-0.1, -0.05) is 37.2 Å². The summed E-state index contributed by atoms with van der Waals surface area (Å²) < 4.78 is 7.33. The number of aryl methyl sites for hydroxylation is 1. The lowest BCUT2D eigenvalue weighted by atomic mass is 9.89. The summed E-state index contributed by atoms with van der Waals surface area (Å²) in [6, 6.07) is 8.74. The van der Waals surface area contributed by atoms with Gasteiger partial charge in [0.15, 0.2) is 5.76 Å². The van der Waals surface area contributed by atoms with Crippen LogP contribution in [0.1, 0.15) is 42.2 Å². The van der Waals surface area contributed by atoms with E-state index in [2.05, 4.69) is 47.2 Å². The van der Waals surface area contributed by atoms with Gasteiger partial charge in [-0.15, -0.1) is 0 Å². The summed E-state index contributed by atoms with van der Waals surface area (Å²) in [6.45, 7) is 7.37. The van der Waals surface area contributed by atoms with Crippen LogP contribution in [0.2, 0.25) is 0 Å². The minimum Gasteiger partial charge on any atom is -0.359 e. The van der Waals surface area contributed by atoms with Crippen molar-refractivity contribution in [2.24, 2.45) is 7.05 Å². The summed E-state index contributed by atoms with van der Waals surface area (Å²) in [6.07, 6.45) is 4.87. The minimum atomic E-state index is 0.581. The fraction of sp³-hybridized carbons (Fsp3) is 0.400. The summed E-state index contributed by atoms with van der Waals surface area (Å²) in [5.74, 6) is 1.49. The molecule has 0 amide bonds. The number of hydrogen-bond acceptors (Lipinski definition) is 4. The van der Waals surface area contributed by atoms with Gasteiger partial charge in [0.05, 0.1) is 12.7 Å². The molecule has 0 unspecified atom stereocenters. The average molecular weight is 336 g/mol. The van der Waals surface area contributed by atoms with Crippen molar-refractivity contribution in [3.8, 4) is 11.3 Å². The molecule has 3 heterocycles. The molecule has 0 bridgehead atoms. The zero-order valence-electron chi connectivity index (χ0n) is 15.1. The Morgan fingerprint density at radius 3 is 2.92 bits per heavy atom. The molecule has 130 valence electrons. The molecular formula is C20H24N4O. The van der Waals surface area contributed by atoms with Crippen LogP contribution in [0.15, 0.2) is 41.2 Å². The molecule has 4 rings (SSSR count). The van der Waals surface area contributed by atoms with E-state index < -0.39 is 0 Å². The molecule has 0 aliphatic carbocycles. The van der Waals surface area contributed by atoms with Gasteiger partial charge in [0, 0.05) is 38.0 Å². The summed E-state index contributed by atoms with van der Waals surface area (Å²) in [7, 11) is 1.90. The highest BCUT2D eigenvalue weighted by Gasteiger charge is 2.21. The molecule has 3 aromatic rings. The Morgan fingerprint density at radius 1 is 1.28 bits per heavy atom. The first-order valence-electron chi connectivity index (χ1n) is 8.88. The topological polar surface area (TPSA) is 47.1 Å². The third-order valence-electron chi connectivity index (χ3n) is 4.94. The third kappa shape index (κ3) is 3.24. The van der Waals surface area contributed by atoms with E-state index in [1.54, 1.807) is 10.2 Å². The largest absolute Gasteiger partial charge is 0.359 e. The van der Waals surface area contributed by atoms with Gasteiger partial charge in [0.2, 0.25) is 0 Å². The van der Waals surface area contributed by atoms with Gasteiger partial charge in [0.1, 0.15) is 5.69 Å². The molecular weight excluding hydrogens is 312 g/mol. The van der Waals surface area contributed by atoms with Crippen molar-refractivity contribution in [1.29, 1.82) is 0 Å². The van der Waals surface area contributed by atoms with Crippen LogP contribution >= 0.6 is 0 Å². The van der Waals surface area contributed by atoms with Crippen molar-refractivity contribution in [3.63, 3.8) is 0 Å². The van der Waals surface area contributed by atoms with Gasteiger partial charge in [-0.2, -0.15) is 5.10 Å². The van der Waals surface area contributed by atoms with Crippen LogP contribution < -0.4 is 0 Å². The van der Waals surface area contributed by atoms with E-state index in [4.69, 9.17) is 4.52 Å². The lowest BCUT2D eigenvalue weighted by molar-refractivity contribution is 0.214. The highest BCUT2D eigenvalue weighted by molar-refractivity contribution is 5.56. The Morgan fingerprint density at radius 2 is 2.16 bits per heavy atom. The maximum atomic E-state index is 5.55. The average Bonchev–Trinajstić information content (AvgIpc) is 3.23. The van der Waals surface area contributed by atoms with Crippen LogP contribution in [-0.4, -0.2) is 26.4 Å². The number of benzene rings is 1. The first-order chi connectivity index (χ1) is 12.1. The van der Waals surface area contributed by atoms with Gasteiger partial charge in [-0.05, 0) is 29.0 Å². The molecule has 0 saturated heterocycles. The molecule has 1 aliphatic heterocycles. The minimum absolute atomic E-state index is 0.581. The van der Waals surface area contributed by atoms with Crippen LogP contribution in [0, 0.1) is 0 Å². The lowest BCUT2D eigenvalue weighted by Crippen LogP contribution is -2.30. The zero-order chi connectivity index (χ0) is 17.4. The maximum absolute atomic E-state index is 5.55. The van der Waals surface area contributed by atoms with Crippen LogP contribution in [0.3, 0.4) is 0 Å². The van der Waals surface area contributed by atoms with Crippen LogP contribution in [0.25, 0.3) is 11.3 Å². The normalized spacial score (nSPS) is 14.9. The Hall–Kier alpha value is -2.40. The molecule has 1 aliphatic rings.